The highest BCUT2D eigenvalue weighted by Gasteiger charge is 2.25. The van der Waals surface area contributed by atoms with Crippen LogP contribution in [0.25, 0.3) is 0 Å². The number of carboxylic acid groups (broad SMARTS) is 1. The molecule has 1 aromatic rings. The Kier molecular flexibility index (Phi) is 8.28. The molecule has 1 aliphatic rings. The molecule has 2 N–H and O–H groups in total. The Bertz CT molecular complexity index is 610. The van der Waals surface area contributed by atoms with Gasteiger partial charge >= 0.3 is 12.0 Å². The molecule has 2 rings (SSSR count). The van der Waals surface area contributed by atoms with Crippen LogP contribution in [0.5, 0.6) is 5.88 Å². The molecular weight excluding hydrogens is 352 g/mol. The van der Waals surface area contributed by atoms with E-state index in [1.807, 2.05) is 0 Å². The predicted octanol–water partition coefficient (Wildman–Crippen LogP) is 1.51. The minimum absolute atomic E-state index is 0.0651. The number of urea groups is 1. The average Bonchev–Trinajstić information content (AvgIpc) is 2.63. The number of morpholine rings is 1. The van der Waals surface area contributed by atoms with Gasteiger partial charge < -0.3 is 24.8 Å². The Hall–Kier alpha value is -2.39. The Morgan fingerprint density at radius 1 is 1.48 bits per heavy atom. The lowest BCUT2D eigenvalue weighted by atomic mass is 10.2. The first-order chi connectivity index (χ1) is 13.0. The summed E-state index contributed by atoms with van der Waals surface area (Å²) in [5, 5.41) is 11.6. The molecule has 1 fully saturated rings. The van der Waals surface area contributed by atoms with Crippen LogP contribution in [0.15, 0.2) is 18.3 Å². The molecule has 0 aliphatic carbocycles. The lowest BCUT2D eigenvalue weighted by Gasteiger charge is -2.34. The zero-order valence-corrected chi connectivity index (χ0v) is 15.9. The average molecular weight is 380 g/mol. The number of ether oxygens (including phenoxy) is 2. The van der Waals surface area contributed by atoms with Crippen molar-refractivity contribution in [3.05, 3.63) is 18.3 Å². The Labute approximate surface area is 159 Å². The molecule has 0 aromatic carbocycles. The van der Waals surface area contributed by atoms with Gasteiger partial charge in [0.2, 0.25) is 5.88 Å². The van der Waals surface area contributed by atoms with Crippen LogP contribution in [0.3, 0.4) is 0 Å². The first-order valence-electron chi connectivity index (χ1n) is 9.14. The summed E-state index contributed by atoms with van der Waals surface area (Å²) < 4.78 is 11.1. The van der Waals surface area contributed by atoms with Crippen LogP contribution in [0.4, 0.5) is 10.5 Å². The highest BCUT2D eigenvalue weighted by Crippen LogP contribution is 2.14. The van der Waals surface area contributed by atoms with Crippen molar-refractivity contribution in [1.82, 2.24) is 14.8 Å². The fourth-order valence-electron chi connectivity index (χ4n) is 2.72. The smallest absolute Gasteiger partial charge is 0.322 e. The minimum Gasteiger partial charge on any atom is -0.480 e. The summed E-state index contributed by atoms with van der Waals surface area (Å²) in [5.74, 6) is -0.355. The van der Waals surface area contributed by atoms with Crippen LogP contribution in [0.2, 0.25) is 0 Å². The number of aromatic nitrogens is 1. The van der Waals surface area contributed by atoms with Gasteiger partial charge in [0, 0.05) is 25.7 Å². The molecule has 9 nitrogen and oxygen atoms in total. The van der Waals surface area contributed by atoms with Gasteiger partial charge in [-0.3, -0.25) is 9.69 Å². The van der Waals surface area contributed by atoms with Gasteiger partial charge in [0.15, 0.2) is 0 Å². The van der Waals surface area contributed by atoms with E-state index in [4.69, 9.17) is 14.6 Å². The van der Waals surface area contributed by atoms with Crippen LogP contribution in [-0.2, 0) is 9.53 Å². The maximum Gasteiger partial charge on any atom is 0.322 e. The summed E-state index contributed by atoms with van der Waals surface area (Å²) in [4.78, 5) is 30.7. The minimum atomic E-state index is -0.891. The number of nitrogens with one attached hydrogen (secondary N) is 1. The number of unbranched alkanes of at least 4 members (excludes halogenated alkanes) is 1. The van der Waals surface area contributed by atoms with Gasteiger partial charge in [-0.05, 0) is 19.5 Å². The van der Waals surface area contributed by atoms with Gasteiger partial charge in [0.1, 0.15) is 0 Å². The molecular formula is C18H28N4O5. The molecule has 0 radical (unpaired) electrons. The predicted molar refractivity (Wildman–Crippen MR) is 100 cm³/mol. The van der Waals surface area contributed by atoms with Crippen molar-refractivity contribution in [2.24, 2.45) is 0 Å². The first kappa shape index (κ1) is 20.9. The van der Waals surface area contributed by atoms with Crippen LogP contribution in [-0.4, -0.2) is 84.4 Å². The van der Waals surface area contributed by atoms with Gasteiger partial charge in [0.05, 0.1) is 37.7 Å². The van der Waals surface area contributed by atoms with Crippen LogP contribution in [0, 0.1) is 0 Å². The lowest BCUT2D eigenvalue weighted by molar-refractivity contribution is -0.138. The second-order valence-electron chi connectivity index (χ2n) is 6.55. The molecule has 0 spiro atoms. The molecule has 1 saturated heterocycles. The molecule has 1 atom stereocenters. The van der Waals surface area contributed by atoms with Crippen molar-refractivity contribution in [1.29, 1.82) is 0 Å². The molecule has 27 heavy (non-hydrogen) atoms. The Morgan fingerprint density at radius 3 is 2.96 bits per heavy atom. The van der Waals surface area contributed by atoms with Crippen LogP contribution < -0.4 is 10.1 Å². The highest BCUT2D eigenvalue weighted by atomic mass is 16.5. The van der Waals surface area contributed by atoms with E-state index < -0.39 is 5.97 Å². The number of likely N-dealkylation sites (N-methyl/N-ethyl adjacent to an activating group) is 1. The fourth-order valence-corrected chi connectivity index (χ4v) is 2.72. The van der Waals surface area contributed by atoms with Gasteiger partial charge in [-0.1, -0.05) is 13.3 Å². The molecule has 150 valence electrons. The normalized spacial score (nSPS) is 17.0. The van der Waals surface area contributed by atoms with Crippen molar-refractivity contribution >= 4 is 17.7 Å². The number of hydrogen-bond acceptors (Lipinski definition) is 6. The number of carbonyl (C=O) groups is 2. The van der Waals surface area contributed by atoms with Gasteiger partial charge in [-0.15, -0.1) is 0 Å². The quantitative estimate of drug-likeness (QED) is 0.626. The van der Waals surface area contributed by atoms with E-state index in [0.717, 1.165) is 12.8 Å². The number of pyridine rings is 1. The maximum absolute atomic E-state index is 12.5. The van der Waals surface area contributed by atoms with Gasteiger partial charge in [-0.25, -0.2) is 9.78 Å². The molecule has 0 saturated carbocycles. The van der Waals surface area contributed by atoms with Gasteiger partial charge in [-0.2, -0.15) is 0 Å². The Balaban J connectivity index is 1.81. The number of aliphatic carboxylic acids is 1. The summed E-state index contributed by atoms with van der Waals surface area (Å²) in [6.07, 6.45) is 3.37. The summed E-state index contributed by atoms with van der Waals surface area (Å²) in [7, 11) is 1.71. The first-order valence-corrected chi connectivity index (χ1v) is 9.14. The Morgan fingerprint density at radius 2 is 2.30 bits per heavy atom. The van der Waals surface area contributed by atoms with Crippen molar-refractivity contribution in [2.75, 3.05) is 51.8 Å². The number of anilines is 1. The second kappa shape index (κ2) is 10.7. The molecule has 1 unspecified atom stereocenters. The van der Waals surface area contributed by atoms with Gasteiger partial charge in [0.25, 0.3) is 0 Å². The van der Waals surface area contributed by atoms with Crippen LogP contribution in [0.1, 0.15) is 19.8 Å². The maximum atomic E-state index is 12.5. The van der Waals surface area contributed by atoms with E-state index in [1.54, 1.807) is 35.2 Å². The molecule has 2 heterocycles. The van der Waals surface area contributed by atoms with Crippen molar-refractivity contribution in [3.8, 4) is 5.88 Å². The summed E-state index contributed by atoms with van der Waals surface area (Å²) in [6.45, 7) is 4.40. The SMILES string of the molecule is CCCCOc1ccc(NC(=O)N2CCOC(CN(C)CC(=O)O)C2)cn1. The van der Waals surface area contributed by atoms with E-state index in [2.05, 4.69) is 17.2 Å². The number of rotatable bonds is 9. The number of amides is 2. The summed E-state index contributed by atoms with van der Waals surface area (Å²) >= 11 is 0. The topological polar surface area (TPSA) is 104 Å². The van der Waals surface area contributed by atoms with Crippen molar-refractivity contribution in [2.45, 2.75) is 25.9 Å². The van der Waals surface area contributed by atoms with E-state index >= 15 is 0 Å². The van der Waals surface area contributed by atoms with E-state index in [1.165, 1.54) is 0 Å². The lowest BCUT2D eigenvalue weighted by Crippen LogP contribution is -2.50. The molecule has 0 bridgehead atoms. The third-order valence-corrected chi connectivity index (χ3v) is 4.08. The van der Waals surface area contributed by atoms with E-state index in [0.29, 0.717) is 44.4 Å². The van der Waals surface area contributed by atoms with Crippen molar-refractivity contribution in [3.63, 3.8) is 0 Å². The highest BCUT2D eigenvalue weighted by molar-refractivity contribution is 5.89. The molecule has 2 amide bonds. The summed E-state index contributed by atoms with van der Waals surface area (Å²) in [6, 6.07) is 3.25. The van der Waals surface area contributed by atoms with Crippen molar-refractivity contribution < 1.29 is 24.2 Å². The van der Waals surface area contributed by atoms with E-state index in [-0.39, 0.29) is 18.7 Å². The number of hydrogen-bond donors (Lipinski definition) is 2. The van der Waals surface area contributed by atoms with Crippen LogP contribution >= 0.6 is 0 Å². The molecule has 9 heteroatoms. The number of nitrogens with zero attached hydrogens (tertiary/aromatic N) is 3. The standard InChI is InChI=1S/C18H28N4O5/c1-3-4-8-27-16-6-5-14(10-19-16)20-18(25)22-7-9-26-15(12-22)11-21(2)13-17(23)24/h5-6,10,15H,3-4,7-9,11-13H2,1-2H3,(H,20,25)(H,23,24). The fraction of sp³-hybridized carbons (Fsp3) is 0.611. The number of carboxylic acids is 1. The largest absolute Gasteiger partial charge is 0.480 e. The third-order valence-electron chi connectivity index (χ3n) is 4.08. The third kappa shape index (κ3) is 7.40. The summed E-state index contributed by atoms with van der Waals surface area (Å²) in [5.41, 5.74) is 0.592. The molecule has 1 aromatic heterocycles. The molecule has 1 aliphatic heterocycles. The second-order valence-corrected chi connectivity index (χ2v) is 6.55. The zero-order valence-electron chi connectivity index (χ0n) is 15.9. The van der Waals surface area contributed by atoms with E-state index in [9.17, 15) is 9.59 Å². The monoisotopic (exact) mass is 380 g/mol. The zero-order chi connectivity index (χ0) is 19.6. The number of carbonyl (C=O) groups excluding carboxylic acids is 1.